The molecule has 2 saturated heterocycles. The molecule has 0 unspecified atom stereocenters. The van der Waals surface area contributed by atoms with E-state index in [1.165, 1.54) is 12.1 Å². The molecule has 5 rings (SSSR count). The number of rotatable bonds is 4. The van der Waals surface area contributed by atoms with Crippen LogP contribution in [-0.2, 0) is 12.1 Å². The third-order valence-electron chi connectivity index (χ3n) is 7.48. The average molecular weight is 426 g/mol. The number of piperazine rings is 1. The molecule has 7 heteroatoms. The smallest absolute Gasteiger partial charge is 0.225 e. The van der Waals surface area contributed by atoms with E-state index in [1.807, 2.05) is 12.3 Å². The molecule has 1 N–H and O–H groups in total. The molecule has 3 atom stereocenters. The fourth-order valence-electron chi connectivity index (χ4n) is 5.70. The minimum atomic E-state index is -0.873. The molecule has 6 nitrogen and oxygen atoms in total. The van der Waals surface area contributed by atoms with Gasteiger partial charge in [0.15, 0.2) is 0 Å². The molecule has 166 valence electrons. The van der Waals surface area contributed by atoms with Crippen LogP contribution in [0.3, 0.4) is 0 Å². The molecule has 1 aliphatic carbocycles. The first-order valence-corrected chi connectivity index (χ1v) is 11.5. The van der Waals surface area contributed by atoms with E-state index >= 15 is 0 Å². The monoisotopic (exact) mass is 425 g/mol. The van der Waals surface area contributed by atoms with Gasteiger partial charge in [-0.2, -0.15) is 0 Å². The molecule has 3 aliphatic rings. The Morgan fingerprint density at radius 2 is 1.87 bits per heavy atom. The fraction of sp³-hybridized carbons (Fsp3) is 0.583. The van der Waals surface area contributed by atoms with E-state index in [9.17, 15) is 9.50 Å². The lowest BCUT2D eigenvalue weighted by molar-refractivity contribution is -0.0649. The van der Waals surface area contributed by atoms with Gasteiger partial charge in [0.25, 0.3) is 0 Å². The van der Waals surface area contributed by atoms with Gasteiger partial charge in [0, 0.05) is 57.9 Å². The highest BCUT2D eigenvalue weighted by Crippen LogP contribution is 2.48. The Balaban J connectivity index is 1.29. The second-order valence-corrected chi connectivity index (χ2v) is 9.52. The molecular formula is C24H32FN5O. The maximum Gasteiger partial charge on any atom is 0.225 e. The first-order chi connectivity index (χ1) is 15.0. The summed E-state index contributed by atoms with van der Waals surface area (Å²) in [6, 6.07) is 8.45. The van der Waals surface area contributed by atoms with Crippen LogP contribution < -0.4 is 4.90 Å². The zero-order chi connectivity index (χ0) is 21.4. The van der Waals surface area contributed by atoms with Crippen molar-refractivity contribution in [3.63, 3.8) is 0 Å². The Hall–Kier alpha value is -2.09. The van der Waals surface area contributed by atoms with Crippen molar-refractivity contribution in [2.75, 3.05) is 51.2 Å². The van der Waals surface area contributed by atoms with Crippen molar-refractivity contribution in [2.24, 2.45) is 11.8 Å². The van der Waals surface area contributed by atoms with Gasteiger partial charge in [0.2, 0.25) is 5.95 Å². The molecule has 1 aromatic heterocycles. The van der Waals surface area contributed by atoms with Gasteiger partial charge in [-0.3, -0.25) is 4.90 Å². The quantitative estimate of drug-likeness (QED) is 0.812. The number of fused-ring (bicyclic) bond motifs is 1. The van der Waals surface area contributed by atoms with Crippen LogP contribution >= 0.6 is 0 Å². The van der Waals surface area contributed by atoms with Crippen molar-refractivity contribution >= 4 is 5.95 Å². The number of benzene rings is 1. The molecule has 2 aromatic rings. The Morgan fingerprint density at radius 3 is 2.65 bits per heavy atom. The molecule has 3 fully saturated rings. The van der Waals surface area contributed by atoms with Gasteiger partial charge in [-0.05, 0) is 56.0 Å². The van der Waals surface area contributed by atoms with Crippen LogP contribution in [0.15, 0.2) is 36.5 Å². The highest BCUT2D eigenvalue weighted by Gasteiger charge is 2.49. The predicted octanol–water partition coefficient (Wildman–Crippen LogP) is 2.49. The third-order valence-corrected chi connectivity index (χ3v) is 7.48. The minimum Gasteiger partial charge on any atom is -0.385 e. The number of likely N-dealkylation sites (N-methyl/N-ethyl adjacent to an activating group) is 1. The minimum absolute atomic E-state index is 0.172. The second-order valence-electron chi connectivity index (χ2n) is 9.52. The normalized spacial score (nSPS) is 29.8. The molecule has 1 saturated carbocycles. The summed E-state index contributed by atoms with van der Waals surface area (Å²) in [6.45, 7) is 6.57. The van der Waals surface area contributed by atoms with Crippen LogP contribution in [0.4, 0.5) is 10.3 Å². The number of hydrogen-bond donors (Lipinski definition) is 1. The van der Waals surface area contributed by atoms with Gasteiger partial charge in [-0.25, -0.2) is 14.4 Å². The van der Waals surface area contributed by atoms with Crippen LogP contribution in [0.1, 0.15) is 30.5 Å². The lowest BCUT2D eigenvalue weighted by Gasteiger charge is -2.41. The van der Waals surface area contributed by atoms with Crippen LogP contribution in [-0.4, -0.2) is 71.2 Å². The Morgan fingerprint density at radius 1 is 1.10 bits per heavy atom. The molecule has 31 heavy (non-hydrogen) atoms. The van der Waals surface area contributed by atoms with Crippen molar-refractivity contribution < 1.29 is 9.50 Å². The first-order valence-electron chi connectivity index (χ1n) is 11.5. The average Bonchev–Trinajstić information content (AvgIpc) is 3.19. The van der Waals surface area contributed by atoms with Gasteiger partial charge >= 0.3 is 0 Å². The lowest BCUT2D eigenvalue weighted by atomic mass is 9.67. The lowest BCUT2D eigenvalue weighted by Crippen LogP contribution is -2.45. The summed E-state index contributed by atoms with van der Waals surface area (Å²) in [4.78, 5) is 16.4. The van der Waals surface area contributed by atoms with E-state index in [0.717, 1.165) is 82.3 Å². The topological polar surface area (TPSA) is 55.7 Å². The predicted molar refractivity (Wildman–Crippen MR) is 118 cm³/mol. The SMILES string of the molecule is CN1CCN(c2nccc(CN3C[C@@H]4CCC[C@](O)(c5ccc(F)cc5)[C@H]4C3)n2)CC1. The molecule has 0 radical (unpaired) electrons. The Kier molecular flexibility index (Phi) is 5.67. The van der Waals surface area contributed by atoms with E-state index in [2.05, 4.69) is 26.7 Å². The molecule has 0 amide bonds. The largest absolute Gasteiger partial charge is 0.385 e. The van der Waals surface area contributed by atoms with Gasteiger partial charge in [0.1, 0.15) is 5.82 Å². The maximum atomic E-state index is 13.4. The number of halogens is 1. The zero-order valence-electron chi connectivity index (χ0n) is 18.3. The van der Waals surface area contributed by atoms with E-state index < -0.39 is 5.60 Å². The van der Waals surface area contributed by atoms with Gasteiger partial charge in [-0.15, -0.1) is 0 Å². The summed E-state index contributed by atoms with van der Waals surface area (Å²) >= 11 is 0. The summed E-state index contributed by atoms with van der Waals surface area (Å²) in [5, 5.41) is 11.6. The summed E-state index contributed by atoms with van der Waals surface area (Å²) < 4.78 is 13.4. The Bertz CT molecular complexity index is 901. The highest BCUT2D eigenvalue weighted by molar-refractivity contribution is 5.31. The molecule has 2 aliphatic heterocycles. The van der Waals surface area contributed by atoms with Crippen LogP contribution in [0.5, 0.6) is 0 Å². The number of aliphatic hydroxyl groups is 1. The Labute approximate surface area is 183 Å². The standard InChI is InChI=1S/C24H32FN5O/c1-28-11-13-30(14-12-28)23-26-10-8-21(27-23)16-29-15-18-3-2-9-24(31,22(18)17-29)19-4-6-20(25)7-5-19/h4-8,10,18,22,31H,2-3,9,11-17H2,1H3/t18-,22-,24-/m0/s1. The molecule has 0 bridgehead atoms. The fourth-order valence-corrected chi connectivity index (χ4v) is 5.70. The molecule has 0 spiro atoms. The summed E-state index contributed by atoms with van der Waals surface area (Å²) in [7, 11) is 2.15. The van der Waals surface area contributed by atoms with Crippen molar-refractivity contribution in [3.8, 4) is 0 Å². The van der Waals surface area contributed by atoms with Gasteiger partial charge in [0.05, 0.1) is 11.3 Å². The molecular weight excluding hydrogens is 393 g/mol. The van der Waals surface area contributed by atoms with Gasteiger partial charge < -0.3 is 14.9 Å². The first kappa shape index (κ1) is 20.8. The molecule has 1 aromatic carbocycles. The number of hydrogen-bond acceptors (Lipinski definition) is 6. The van der Waals surface area contributed by atoms with Crippen molar-refractivity contribution in [3.05, 3.63) is 53.6 Å². The number of aromatic nitrogens is 2. The summed E-state index contributed by atoms with van der Waals surface area (Å²) in [6.07, 6.45) is 4.76. The summed E-state index contributed by atoms with van der Waals surface area (Å²) in [5.41, 5.74) is 1.01. The van der Waals surface area contributed by atoms with E-state index in [-0.39, 0.29) is 11.7 Å². The van der Waals surface area contributed by atoms with E-state index in [0.29, 0.717) is 5.92 Å². The third kappa shape index (κ3) is 4.19. The second kappa shape index (κ2) is 8.45. The van der Waals surface area contributed by atoms with E-state index in [1.54, 1.807) is 12.1 Å². The van der Waals surface area contributed by atoms with Crippen molar-refractivity contribution in [1.29, 1.82) is 0 Å². The van der Waals surface area contributed by atoms with Crippen molar-refractivity contribution in [2.45, 2.75) is 31.4 Å². The van der Waals surface area contributed by atoms with E-state index in [4.69, 9.17) is 4.98 Å². The van der Waals surface area contributed by atoms with Crippen LogP contribution in [0.2, 0.25) is 0 Å². The number of nitrogens with zero attached hydrogens (tertiary/aromatic N) is 5. The highest BCUT2D eigenvalue weighted by atomic mass is 19.1. The molecule has 3 heterocycles. The van der Waals surface area contributed by atoms with Gasteiger partial charge in [-0.1, -0.05) is 12.1 Å². The van der Waals surface area contributed by atoms with Crippen LogP contribution in [0, 0.1) is 17.7 Å². The van der Waals surface area contributed by atoms with Crippen LogP contribution in [0.25, 0.3) is 0 Å². The maximum absolute atomic E-state index is 13.4. The number of likely N-dealkylation sites (tertiary alicyclic amines) is 1. The number of anilines is 1. The zero-order valence-corrected chi connectivity index (χ0v) is 18.3. The van der Waals surface area contributed by atoms with Crippen molar-refractivity contribution in [1.82, 2.24) is 19.8 Å². The summed E-state index contributed by atoms with van der Waals surface area (Å²) in [5.74, 6) is 1.20.